The van der Waals surface area contributed by atoms with Gasteiger partial charge in [0.1, 0.15) is 11.2 Å². The normalized spacial score (nSPS) is 11.6. The molecule has 234 valence electrons. The molecule has 4 aromatic heterocycles. The van der Waals surface area contributed by atoms with Crippen LogP contribution in [0.5, 0.6) is 0 Å². The fourth-order valence-corrected chi connectivity index (χ4v) is 6.99. The Labute approximate surface area is 287 Å². The largest absolute Gasteiger partial charge is 0.456 e. The van der Waals surface area contributed by atoms with Gasteiger partial charge in [0.05, 0.1) is 16.6 Å². The average Bonchev–Trinajstić information content (AvgIpc) is 3.74. The standard InChI is InChI=1S/C44H27N5O/c1-4-12-28(13-5-1)42-46-43(29-14-6-2-7-15-29)48-44(47-42)33-18-10-20-39-40(33)35-27-31(22-24-38(35)50-39)30-21-23-36-34(26-30)41-37(19-11-25-45-41)49(36)32-16-8-3-9-17-32/h1-27H. The van der Waals surface area contributed by atoms with Crippen LogP contribution in [0.1, 0.15) is 0 Å². The Morgan fingerprint density at radius 2 is 1.08 bits per heavy atom. The SMILES string of the molecule is c1ccc(-c2nc(-c3ccccc3)nc(-c3cccc4oc5ccc(-c6ccc7c(c6)c6ncccc6n7-c6ccccc6)cc5c34)n2)cc1. The lowest BCUT2D eigenvalue weighted by Crippen LogP contribution is -2.00. The monoisotopic (exact) mass is 641 g/mol. The molecule has 0 amide bonds. The van der Waals surface area contributed by atoms with Gasteiger partial charge in [-0.15, -0.1) is 0 Å². The molecule has 6 heteroatoms. The van der Waals surface area contributed by atoms with E-state index in [0.717, 1.165) is 77.4 Å². The summed E-state index contributed by atoms with van der Waals surface area (Å²) in [5.74, 6) is 1.84. The Balaban J connectivity index is 1.16. The maximum absolute atomic E-state index is 6.43. The summed E-state index contributed by atoms with van der Waals surface area (Å²) in [6.07, 6.45) is 1.86. The second-order valence-corrected chi connectivity index (χ2v) is 12.3. The molecule has 0 radical (unpaired) electrons. The zero-order valence-corrected chi connectivity index (χ0v) is 26.7. The van der Waals surface area contributed by atoms with Gasteiger partial charge in [-0.1, -0.05) is 103 Å². The number of benzene rings is 6. The van der Waals surface area contributed by atoms with Gasteiger partial charge in [0, 0.05) is 44.7 Å². The smallest absolute Gasteiger partial charge is 0.164 e. The number of rotatable bonds is 5. The number of fused-ring (bicyclic) bond motifs is 6. The second kappa shape index (κ2) is 11.4. The molecule has 0 N–H and O–H groups in total. The highest BCUT2D eigenvalue weighted by molar-refractivity contribution is 6.13. The van der Waals surface area contributed by atoms with E-state index in [1.54, 1.807) is 0 Å². The van der Waals surface area contributed by atoms with Crippen molar-refractivity contribution in [1.82, 2.24) is 24.5 Å². The minimum atomic E-state index is 0.595. The zero-order chi connectivity index (χ0) is 33.0. The number of nitrogens with zero attached hydrogens (tertiary/aromatic N) is 5. The fourth-order valence-electron chi connectivity index (χ4n) is 6.99. The topological polar surface area (TPSA) is 69.6 Å². The van der Waals surface area contributed by atoms with Gasteiger partial charge >= 0.3 is 0 Å². The number of furan rings is 1. The summed E-state index contributed by atoms with van der Waals surface area (Å²) >= 11 is 0. The minimum absolute atomic E-state index is 0.595. The van der Waals surface area contributed by atoms with Crippen LogP contribution in [0.4, 0.5) is 0 Å². The van der Waals surface area contributed by atoms with E-state index < -0.39 is 0 Å². The van der Waals surface area contributed by atoms with Crippen LogP contribution >= 0.6 is 0 Å². The highest BCUT2D eigenvalue weighted by Gasteiger charge is 2.19. The second-order valence-electron chi connectivity index (χ2n) is 12.3. The van der Waals surface area contributed by atoms with Gasteiger partial charge in [0.15, 0.2) is 17.5 Å². The van der Waals surface area contributed by atoms with Gasteiger partial charge in [0.2, 0.25) is 0 Å². The van der Waals surface area contributed by atoms with Crippen LogP contribution in [0.25, 0.3) is 94.9 Å². The van der Waals surface area contributed by atoms with E-state index >= 15 is 0 Å². The first-order valence-electron chi connectivity index (χ1n) is 16.6. The molecule has 0 saturated heterocycles. The van der Waals surface area contributed by atoms with E-state index in [1.165, 1.54) is 0 Å². The molecule has 0 fully saturated rings. The minimum Gasteiger partial charge on any atom is -0.456 e. The Kier molecular flexibility index (Phi) is 6.39. The Morgan fingerprint density at radius 1 is 0.440 bits per heavy atom. The van der Waals surface area contributed by atoms with Crippen LogP contribution in [0, 0.1) is 0 Å². The van der Waals surface area contributed by atoms with Crippen molar-refractivity contribution in [3.8, 4) is 51.0 Å². The molecule has 50 heavy (non-hydrogen) atoms. The lowest BCUT2D eigenvalue weighted by molar-refractivity contribution is 0.669. The average molecular weight is 642 g/mol. The quantitative estimate of drug-likeness (QED) is 0.187. The lowest BCUT2D eigenvalue weighted by atomic mass is 9.99. The van der Waals surface area contributed by atoms with Crippen LogP contribution < -0.4 is 0 Å². The molecule has 0 aliphatic rings. The van der Waals surface area contributed by atoms with E-state index in [1.807, 2.05) is 91.1 Å². The van der Waals surface area contributed by atoms with Crippen molar-refractivity contribution in [2.45, 2.75) is 0 Å². The van der Waals surface area contributed by atoms with Gasteiger partial charge in [-0.3, -0.25) is 4.98 Å². The highest BCUT2D eigenvalue weighted by Crippen LogP contribution is 2.40. The maximum atomic E-state index is 6.43. The molecule has 10 rings (SSSR count). The molecule has 10 aromatic rings. The highest BCUT2D eigenvalue weighted by atomic mass is 16.3. The molecule has 0 aliphatic carbocycles. The van der Waals surface area contributed by atoms with Crippen LogP contribution in [-0.2, 0) is 0 Å². The number of hydrogen-bond donors (Lipinski definition) is 0. The molecule has 4 heterocycles. The van der Waals surface area contributed by atoms with Gasteiger partial charge in [-0.25, -0.2) is 15.0 Å². The Morgan fingerprint density at radius 3 is 1.80 bits per heavy atom. The van der Waals surface area contributed by atoms with E-state index in [0.29, 0.717) is 17.5 Å². The molecule has 0 spiro atoms. The molecule has 0 unspecified atom stereocenters. The molecule has 6 nitrogen and oxygen atoms in total. The van der Waals surface area contributed by atoms with Crippen molar-refractivity contribution >= 4 is 43.9 Å². The summed E-state index contributed by atoms with van der Waals surface area (Å²) in [6, 6.07) is 53.8. The van der Waals surface area contributed by atoms with E-state index in [-0.39, 0.29) is 0 Å². The van der Waals surface area contributed by atoms with Gasteiger partial charge in [-0.2, -0.15) is 0 Å². The number of aromatic nitrogens is 5. The number of para-hydroxylation sites is 1. The number of pyridine rings is 1. The first-order chi connectivity index (χ1) is 24.8. The van der Waals surface area contributed by atoms with Crippen molar-refractivity contribution in [3.63, 3.8) is 0 Å². The Bertz CT molecular complexity index is 2800. The van der Waals surface area contributed by atoms with Gasteiger partial charge in [0.25, 0.3) is 0 Å². The molecular weight excluding hydrogens is 615 g/mol. The van der Waals surface area contributed by atoms with Crippen LogP contribution in [0.15, 0.2) is 168 Å². The van der Waals surface area contributed by atoms with E-state index in [2.05, 4.69) is 77.4 Å². The summed E-state index contributed by atoms with van der Waals surface area (Å²) in [5.41, 5.74) is 10.8. The summed E-state index contributed by atoms with van der Waals surface area (Å²) in [7, 11) is 0. The predicted octanol–water partition coefficient (Wildman–Crippen LogP) is 10.9. The summed E-state index contributed by atoms with van der Waals surface area (Å²) < 4.78 is 8.71. The van der Waals surface area contributed by atoms with Crippen molar-refractivity contribution in [3.05, 3.63) is 164 Å². The molecule has 0 aliphatic heterocycles. The van der Waals surface area contributed by atoms with Gasteiger partial charge < -0.3 is 8.98 Å². The summed E-state index contributed by atoms with van der Waals surface area (Å²) in [4.78, 5) is 19.8. The van der Waals surface area contributed by atoms with Crippen LogP contribution in [0.3, 0.4) is 0 Å². The predicted molar refractivity (Wildman–Crippen MR) is 201 cm³/mol. The van der Waals surface area contributed by atoms with Crippen LogP contribution in [-0.4, -0.2) is 24.5 Å². The van der Waals surface area contributed by atoms with Crippen molar-refractivity contribution in [1.29, 1.82) is 0 Å². The Hall–Kier alpha value is -6.92. The van der Waals surface area contributed by atoms with Crippen LogP contribution in [0.2, 0.25) is 0 Å². The lowest BCUT2D eigenvalue weighted by Gasteiger charge is -2.09. The maximum Gasteiger partial charge on any atom is 0.164 e. The third kappa shape index (κ3) is 4.58. The molecule has 0 bridgehead atoms. The van der Waals surface area contributed by atoms with Gasteiger partial charge in [-0.05, 0) is 65.7 Å². The first kappa shape index (κ1) is 28.1. The van der Waals surface area contributed by atoms with E-state index in [9.17, 15) is 0 Å². The third-order valence-corrected chi connectivity index (χ3v) is 9.30. The summed E-state index contributed by atoms with van der Waals surface area (Å²) in [6.45, 7) is 0. The zero-order valence-electron chi connectivity index (χ0n) is 26.7. The third-order valence-electron chi connectivity index (χ3n) is 9.30. The van der Waals surface area contributed by atoms with Crippen molar-refractivity contribution in [2.75, 3.05) is 0 Å². The molecule has 6 aromatic carbocycles. The molecular formula is C44H27N5O. The summed E-state index contributed by atoms with van der Waals surface area (Å²) in [5, 5.41) is 3.07. The van der Waals surface area contributed by atoms with Crippen molar-refractivity contribution < 1.29 is 4.42 Å². The fraction of sp³-hybridized carbons (Fsp3) is 0. The van der Waals surface area contributed by atoms with Crippen molar-refractivity contribution in [2.24, 2.45) is 0 Å². The first-order valence-corrected chi connectivity index (χ1v) is 16.6. The molecule has 0 saturated carbocycles. The molecule has 0 atom stereocenters. The number of hydrogen-bond acceptors (Lipinski definition) is 5. The van der Waals surface area contributed by atoms with E-state index in [4.69, 9.17) is 24.4 Å².